The van der Waals surface area contributed by atoms with Gasteiger partial charge in [0.2, 0.25) is 0 Å². The normalized spacial score (nSPS) is 12.4. The van der Waals surface area contributed by atoms with E-state index in [0.717, 1.165) is 12.1 Å². The molecule has 0 saturated heterocycles. The lowest BCUT2D eigenvalue weighted by Crippen LogP contribution is -2.08. The van der Waals surface area contributed by atoms with Crippen LogP contribution in [0.2, 0.25) is 5.02 Å². The van der Waals surface area contributed by atoms with E-state index in [0.29, 0.717) is 0 Å². The molecule has 90 valence electrons. The molecule has 4 heteroatoms. The number of anilines is 1. The van der Waals surface area contributed by atoms with Crippen LogP contribution >= 0.6 is 22.9 Å². The Bertz CT molecular complexity index is 484. The van der Waals surface area contributed by atoms with Crippen LogP contribution in [0.3, 0.4) is 0 Å². The first kappa shape index (κ1) is 12.4. The quantitative estimate of drug-likeness (QED) is 0.814. The lowest BCUT2D eigenvalue weighted by atomic mass is 10.1. The van der Waals surface area contributed by atoms with E-state index in [-0.39, 0.29) is 11.1 Å². The Kier molecular flexibility index (Phi) is 4.02. The van der Waals surface area contributed by atoms with Crippen molar-refractivity contribution in [2.24, 2.45) is 0 Å². The summed E-state index contributed by atoms with van der Waals surface area (Å²) < 4.78 is 13.3. The van der Waals surface area contributed by atoms with Crippen LogP contribution in [0.5, 0.6) is 0 Å². The van der Waals surface area contributed by atoms with Gasteiger partial charge in [-0.05, 0) is 36.1 Å². The van der Waals surface area contributed by atoms with Crippen molar-refractivity contribution in [3.63, 3.8) is 0 Å². The summed E-state index contributed by atoms with van der Waals surface area (Å²) in [6.07, 6.45) is 0.949. The summed E-state index contributed by atoms with van der Waals surface area (Å²) in [5.74, 6) is -0.391. The van der Waals surface area contributed by atoms with E-state index in [2.05, 4.69) is 18.3 Å². The first-order chi connectivity index (χ1) is 8.20. The molecule has 0 aliphatic carbocycles. The van der Waals surface area contributed by atoms with Crippen LogP contribution in [0.1, 0.15) is 24.3 Å². The average molecular weight is 270 g/mol. The van der Waals surface area contributed by atoms with Crippen LogP contribution in [0.15, 0.2) is 35.7 Å². The lowest BCUT2D eigenvalue weighted by molar-refractivity contribution is 0.628. The number of benzene rings is 1. The van der Waals surface area contributed by atoms with E-state index in [9.17, 15) is 4.39 Å². The van der Waals surface area contributed by atoms with Crippen molar-refractivity contribution in [1.82, 2.24) is 0 Å². The molecule has 1 atom stereocenters. The molecule has 1 nitrogen and oxygen atoms in total. The molecule has 17 heavy (non-hydrogen) atoms. The first-order valence-electron chi connectivity index (χ1n) is 5.45. The van der Waals surface area contributed by atoms with Crippen LogP contribution in [-0.2, 0) is 0 Å². The second kappa shape index (κ2) is 5.52. The van der Waals surface area contributed by atoms with Gasteiger partial charge in [-0.15, -0.1) is 11.3 Å². The van der Waals surface area contributed by atoms with Crippen LogP contribution in [0.25, 0.3) is 0 Å². The van der Waals surface area contributed by atoms with Crippen molar-refractivity contribution in [2.45, 2.75) is 19.4 Å². The number of hydrogen-bond acceptors (Lipinski definition) is 2. The molecule has 0 spiro atoms. The maximum absolute atomic E-state index is 13.3. The molecule has 1 unspecified atom stereocenters. The number of rotatable bonds is 4. The molecule has 0 saturated carbocycles. The van der Waals surface area contributed by atoms with Gasteiger partial charge in [-0.25, -0.2) is 4.39 Å². The van der Waals surface area contributed by atoms with Crippen LogP contribution in [-0.4, -0.2) is 0 Å². The first-order valence-corrected chi connectivity index (χ1v) is 6.71. The van der Waals surface area contributed by atoms with Crippen molar-refractivity contribution in [1.29, 1.82) is 0 Å². The maximum Gasteiger partial charge on any atom is 0.143 e. The topological polar surface area (TPSA) is 12.0 Å². The Morgan fingerprint density at radius 1 is 1.41 bits per heavy atom. The van der Waals surface area contributed by atoms with Gasteiger partial charge in [0.1, 0.15) is 5.82 Å². The molecule has 1 N–H and O–H groups in total. The van der Waals surface area contributed by atoms with Gasteiger partial charge in [-0.2, -0.15) is 0 Å². The molecule has 0 radical (unpaired) electrons. The minimum Gasteiger partial charge on any atom is -0.377 e. The summed E-state index contributed by atoms with van der Waals surface area (Å²) in [4.78, 5) is 1.25. The fourth-order valence-corrected chi connectivity index (χ4v) is 2.63. The molecule has 0 aliphatic heterocycles. The Morgan fingerprint density at radius 2 is 2.24 bits per heavy atom. The summed E-state index contributed by atoms with van der Waals surface area (Å²) >= 11 is 7.35. The third-order valence-electron chi connectivity index (χ3n) is 2.56. The lowest BCUT2D eigenvalue weighted by Gasteiger charge is -2.17. The Balaban J connectivity index is 2.16. The summed E-state index contributed by atoms with van der Waals surface area (Å²) in [6, 6.07) is 9.11. The third kappa shape index (κ3) is 2.99. The fourth-order valence-electron chi connectivity index (χ4n) is 1.65. The molecule has 0 amide bonds. The van der Waals surface area contributed by atoms with Crippen LogP contribution < -0.4 is 5.32 Å². The van der Waals surface area contributed by atoms with Gasteiger partial charge < -0.3 is 5.32 Å². The van der Waals surface area contributed by atoms with E-state index < -0.39 is 5.82 Å². The zero-order valence-corrected chi connectivity index (χ0v) is 11.0. The number of thiophene rings is 1. The van der Waals surface area contributed by atoms with E-state index in [4.69, 9.17) is 11.6 Å². The zero-order chi connectivity index (χ0) is 12.3. The van der Waals surface area contributed by atoms with Gasteiger partial charge in [0.25, 0.3) is 0 Å². The summed E-state index contributed by atoms with van der Waals surface area (Å²) in [6.45, 7) is 2.10. The number of hydrogen-bond donors (Lipinski definition) is 1. The third-order valence-corrected chi connectivity index (χ3v) is 3.85. The molecule has 1 aromatic heterocycles. The van der Waals surface area contributed by atoms with E-state index >= 15 is 0 Å². The zero-order valence-electron chi connectivity index (χ0n) is 9.41. The highest BCUT2D eigenvalue weighted by Gasteiger charge is 2.10. The summed E-state index contributed by atoms with van der Waals surface area (Å²) in [5, 5.41) is 5.51. The Morgan fingerprint density at radius 3 is 2.82 bits per heavy atom. The molecule has 0 bridgehead atoms. The predicted octanol–water partition coefficient (Wildman–Crippen LogP) is 5.10. The van der Waals surface area contributed by atoms with Gasteiger partial charge in [-0.1, -0.05) is 24.6 Å². The molecule has 1 aromatic carbocycles. The molecular formula is C13H13ClFNS. The molecule has 1 heterocycles. The second-order valence-corrected chi connectivity index (χ2v) is 5.14. The van der Waals surface area contributed by atoms with Gasteiger partial charge in [-0.3, -0.25) is 0 Å². The Labute approximate surface area is 109 Å². The smallest absolute Gasteiger partial charge is 0.143 e. The highest BCUT2D eigenvalue weighted by Crippen LogP contribution is 2.27. The van der Waals surface area contributed by atoms with E-state index in [1.165, 1.54) is 10.9 Å². The molecule has 2 aromatic rings. The summed E-state index contributed by atoms with van der Waals surface area (Å²) in [7, 11) is 0. The van der Waals surface area contributed by atoms with Gasteiger partial charge in [0.15, 0.2) is 0 Å². The molecule has 0 aliphatic rings. The largest absolute Gasteiger partial charge is 0.377 e. The highest BCUT2D eigenvalue weighted by molar-refractivity contribution is 7.10. The molecule has 0 fully saturated rings. The van der Waals surface area contributed by atoms with Crippen molar-refractivity contribution in [3.8, 4) is 0 Å². The number of nitrogens with one attached hydrogen (secondary N) is 1. The van der Waals surface area contributed by atoms with E-state index in [1.54, 1.807) is 23.5 Å². The molecular weight excluding hydrogens is 257 g/mol. The number of halogens is 2. The van der Waals surface area contributed by atoms with Crippen molar-refractivity contribution >= 4 is 28.6 Å². The SMILES string of the molecule is CCC(Nc1ccc(Cl)c(F)c1)c1cccs1. The van der Waals surface area contributed by atoms with Crippen molar-refractivity contribution in [3.05, 3.63) is 51.4 Å². The molecule has 2 rings (SSSR count). The van der Waals surface area contributed by atoms with E-state index in [1.807, 2.05) is 11.4 Å². The summed E-state index contributed by atoms with van der Waals surface area (Å²) in [5.41, 5.74) is 0.757. The fraction of sp³-hybridized carbons (Fsp3) is 0.231. The maximum atomic E-state index is 13.3. The van der Waals surface area contributed by atoms with Gasteiger partial charge in [0, 0.05) is 10.6 Å². The minimum atomic E-state index is -0.391. The van der Waals surface area contributed by atoms with Crippen LogP contribution in [0.4, 0.5) is 10.1 Å². The monoisotopic (exact) mass is 269 g/mol. The van der Waals surface area contributed by atoms with Gasteiger partial charge in [0.05, 0.1) is 11.1 Å². The predicted molar refractivity (Wildman–Crippen MR) is 72.4 cm³/mol. The van der Waals surface area contributed by atoms with Crippen LogP contribution in [0, 0.1) is 5.82 Å². The average Bonchev–Trinajstić information content (AvgIpc) is 2.84. The standard InChI is InChI=1S/C13H13ClFNS/c1-2-12(13-4-3-7-17-13)16-9-5-6-10(14)11(15)8-9/h3-8,12,16H,2H2,1H3. The Hall–Kier alpha value is -1.06. The van der Waals surface area contributed by atoms with Gasteiger partial charge >= 0.3 is 0 Å². The second-order valence-electron chi connectivity index (χ2n) is 3.75. The van der Waals surface area contributed by atoms with Crippen molar-refractivity contribution in [2.75, 3.05) is 5.32 Å². The minimum absolute atomic E-state index is 0.153. The van der Waals surface area contributed by atoms with Crippen molar-refractivity contribution < 1.29 is 4.39 Å². The highest BCUT2D eigenvalue weighted by atomic mass is 35.5.